The molecule has 1 aromatic carbocycles. The predicted molar refractivity (Wildman–Crippen MR) is 66.8 cm³/mol. The number of rotatable bonds is 8. The van der Waals surface area contributed by atoms with E-state index in [9.17, 15) is 0 Å². The second-order valence-corrected chi connectivity index (χ2v) is 3.67. The van der Waals surface area contributed by atoms with Crippen molar-refractivity contribution in [3.05, 3.63) is 29.8 Å². The molecule has 0 aliphatic carbocycles. The fraction of sp³-hybridized carbons (Fsp3) is 0.538. The summed E-state index contributed by atoms with van der Waals surface area (Å²) in [5.74, 6) is 0. The largest absolute Gasteiger partial charge is 0.394 e. The molecule has 0 aliphatic rings. The molecule has 2 N–H and O–H groups in total. The third-order valence-corrected chi connectivity index (χ3v) is 2.33. The summed E-state index contributed by atoms with van der Waals surface area (Å²) in [5, 5.41) is 11.9. The van der Waals surface area contributed by atoms with Gasteiger partial charge in [-0.25, -0.2) is 0 Å². The minimum atomic E-state index is 0.0897. The van der Waals surface area contributed by atoms with Crippen molar-refractivity contribution in [2.45, 2.75) is 19.8 Å². The molecule has 0 aromatic heterocycles. The third kappa shape index (κ3) is 4.64. The minimum Gasteiger partial charge on any atom is -0.394 e. The van der Waals surface area contributed by atoms with Gasteiger partial charge in [0.25, 0.3) is 0 Å². The highest BCUT2D eigenvalue weighted by Gasteiger charge is 1.99. The zero-order valence-corrected chi connectivity index (χ0v) is 9.91. The van der Waals surface area contributed by atoms with Crippen LogP contribution in [0.3, 0.4) is 0 Å². The Morgan fingerprint density at radius 3 is 2.81 bits per heavy atom. The molecule has 0 unspecified atom stereocenters. The first-order valence-corrected chi connectivity index (χ1v) is 5.89. The molecular weight excluding hydrogens is 202 g/mol. The quantitative estimate of drug-likeness (QED) is 0.663. The lowest BCUT2D eigenvalue weighted by Crippen LogP contribution is -2.12. The molecule has 0 heterocycles. The van der Waals surface area contributed by atoms with E-state index in [1.54, 1.807) is 0 Å². The number of hydrogen-bond acceptors (Lipinski definition) is 3. The molecule has 0 saturated carbocycles. The van der Waals surface area contributed by atoms with Gasteiger partial charge in [0.2, 0.25) is 0 Å². The number of aliphatic hydroxyl groups is 1. The molecule has 0 aliphatic heterocycles. The first-order valence-electron chi connectivity index (χ1n) is 5.89. The van der Waals surface area contributed by atoms with Crippen LogP contribution in [-0.2, 0) is 11.2 Å². The van der Waals surface area contributed by atoms with Gasteiger partial charge in [0.1, 0.15) is 0 Å². The maximum absolute atomic E-state index is 8.55. The summed E-state index contributed by atoms with van der Waals surface area (Å²) in [4.78, 5) is 0. The Morgan fingerprint density at radius 1 is 1.25 bits per heavy atom. The summed E-state index contributed by atoms with van der Waals surface area (Å²) in [6, 6.07) is 8.35. The molecule has 0 atom stereocenters. The highest BCUT2D eigenvalue weighted by molar-refractivity contribution is 5.51. The summed E-state index contributed by atoms with van der Waals surface area (Å²) in [6.45, 7) is 4.09. The van der Waals surface area contributed by atoms with E-state index in [2.05, 4.69) is 30.4 Å². The van der Waals surface area contributed by atoms with E-state index in [0.717, 1.165) is 19.4 Å². The van der Waals surface area contributed by atoms with E-state index in [0.29, 0.717) is 13.2 Å². The summed E-state index contributed by atoms with van der Waals surface area (Å²) in [5.41, 5.74) is 2.55. The summed E-state index contributed by atoms with van der Waals surface area (Å²) in [7, 11) is 0. The van der Waals surface area contributed by atoms with Gasteiger partial charge in [-0.3, -0.25) is 0 Å². The van der Waals surface area contributed by atoms with Gasteiger partial charge >= 0.3 is 0 Å². The SMILES string of the molecule is CCCc1ccccc1NCCOCCO. The van der Waals surface area contributed by atoms with Crippen LogP contribution < -0.4 is 5.32 Å². The molecule has 3 heteroatoms. The first-order chi connectivity index (χ1) is 7.88. The zero-order valence-electron chi connectivity index (χ0n) is 9.91. The third-order valence-electron chi connectivity index (χ3n) is 2.33. The predicted octanol–water partition coefficient (Wildman–Crippen LogP) is 2.06. The Kier molecular flexibility index (Phi) is 6.61. The molecular formula is C13H21NO2. The minimum absolute atomic E-state index is 0.0897. The Labute approximate surface area is 97.4 Å². The van der Waals surface area contributed by atoms with Crippen LogP contribution in [0.4, 0.5) is 5.69 Å². The van der Waals surface area contributed by atoms with E-state index in [1.807, 2.05) is 6.07 Å². The average Bonchev–Trinajstić information content (AvgIpc) is 2.31. The van der Waals surface area contributed by atoms with Crippen molar-refractivity contribution in [3.8, 4) is 0 Å². The normalized spacial score (nSPS) is 10.4. The highest BCUT2D eigenvalue weighted by atomic mass is 16.5. The van der Waals surface area contributed by atoms with Crippen molar-refractivity contribution in [2.24, 2.45) is 0 Å². The second kappa shape index (κ2) is 8.13. The molecule has 0 radical (unpaired) electrons. The maximum atomic E-state index is 8.55. The van der Waals surface area contributed by atoms with E-state index < -0.39 is 0 Å². The van der Waals surface area contributed by atoms with Crippen LogP contribution in [-0.4, -0.2) is 31.5 Å². The van der Waals surface area contributed by atoms with Crippen molar-refractivity contribution in [2.75, 3.05) is 31.7 Å². The Balaban J connectivity index is 2.34. The van der Waals surface area contributed by atoms with Crippen molar-refractivity contribution < 1.29 is 9.84 Å². The smallest absolute Gasteiger partial charge is 0.0698 e. The van der Waals surface area contributed by atoms with Crippen LogP contribution in [0.1, 0.15) is 18.9 Å². The lowest BCUT2D eigenvalue weighted by molar-refractivity contribution is 0.0992. The van der Waals surface area contributed by atoms with Gasteiger partial charge in [0, 0.05) is 12.2 Å². The molecule has 3 nitrogen and oxygen atoms in total. The monoisotopic (exact) mass is 223 g/mol. The average molecular weight is 223 g/mol. The molecule has 0 amide bonds. The molecule has 0 spiro atoms. The van der Waals surface area contributed by atoms with Crippen molar-refractivity contribution in [1.29, 1.82) is 0 Å². The molecule has 1 aromatic rings. The number of hydrogen-bond donors (Lipinski definition) is 2. The van der Waals surface area contributed by atoms with Gasteiger partial charge in [-0.15, -0.1) is 0 Å². The van der Waals surface area contributed by atoms with Gasteiger partial charge in [0.15, 0.2) is 0 Å². The van der Waals surface area contributed by atoms with Crippen molar-refractivity contribution >= 4 is 5.69 Å². The zero-order chi connectivity index (χ0) is 11.6. The van der Waals surface area contributed by atoms with Crippen LogP contribution >= 0.6 is 0 Å². The van der Waals surface area contributed by atoms with Crippen molar-refractivity contribution in [1.82, 2.24) is 0 Å². The number of benzene rings is 1. The Morgan fingerprint density at radius 2 is 2.06 bits per heavy atom. The highest BCUT2D eigenvalue weighted by Crippen LogP contribution is 2.16. The lowest BCUT2D eigenvalue weighted by atomic mass is 10.1. The van der Waals surface area contributed by atoms with E-state index in [4.69, 9.17) is 9.84 Å². The number of aryl methyl sites for hydroxylation is 1. The Bertz CT molecular complexity index is 289. The fourth-order valence-electron chi connectivity index (χ4n) is 1.60. The number of anilines is 1. The van der Waals surface area contributed by atoms with Gasteiger partial charge < -0.3 is 15.2 Å². The number of nitrogens with one attached hydrogen (secondary N) is 1. The summed E-state index contributed by atoms with van der Waals surface area (Å²) < 4.78 is 5.19. The standard InChI is InChI=1S/C13H21NO2/c1-2-5-12-6-3-4-7-13(12)14-8-10-16-11-9-15/h3-4,6-7,14-15H,2,5,8-11H2,1H3. The first kappa shape index (κ1) is 13.0. The van der Waals surface area contributed by atoms with Crippen LogP contribution in [0, 0.1) is 0 Å². The number of aliphatic hydroxyl groups excluding tert-OH is 1. The van der Waals surface area contributed by atoms with E-state index in [1.165, 1.54) is 11.3 Å². The molecule has 0 bridgehead atoms. The number of para-hydroxylation sites is 1. The topological polar surface area (TPSA) is 41.5 Å². The molecule has 90 valence electrons. The van der Waals surface area contributed by atoms with E-state index in [-0.39, 0.29) is 6.61 Å². The molecule has 16 heavy (non-hydrogen) atoms. The van der Waals surface area contributed by atoms with Crippen LogP contribution in [0.15, 0.2) is 24.3 Å². The van der Waals surface area contributed by atoms with E-state index >= 15 is 0 Å². The second-order valence-electron chi connectivity index (χ2n) is 3.67. The van der Waals surface area contributed by atoms with Crippen LogP contribution in [0.25, 0.3) is 0 Å². The molecule has 0 saturated heterocycles. The van der Waals surface area contributed by atoms with Crippen molar-refractivity contribution in [3.63, 3.8) is 0 Å². The van der Waals surface area contributed by atoms with Gasteiger partial charge in [-0.05, 0) is 18.1 Å². The Hall–Kier alpha value is -1.06. The van der Waals surface area contributed by atoms with Crippen LogP contribution in [0.2, 0.25) is 0 Å². The molecule has 1 rings (SSSR count). The van der Waals surface area contributed by atoms with Gasteiger partial charge in [0.05, 0.1) is 19.8 Å². The lowest BCUT2D eigenvalue weighted by Gasteiger charge is -2.11. The van der Waals surface area contributed by atoms with Gasteiger partial charge in [-0.2, -0.15) is 0 Å². The summed E-state index contributed by atoms with van der Waals surface area (Å²) in [6.07, 6.45) is 2.25. The fourth-order valence-corrected chi connectivity index (χ4v) is 1.60. The van der Waals surface area contributed by atoms with Gasteiger partial charge in [-0.1, -0.05) is 31.5 Å². The summed E-state index contributed by atoms with van der Waals surface area (Å²) >= 11 is 0. The molecule has 0 fully saturated rings. The maximum Gasteiger partial charge on any atom is 0.0698 e. The van der Waals surface area contributed by atoms with Crippen LogP contribution in [0.5, 0.6) is 0 Å². The number of ether oxygens (including phenoxy) is 1.